The van der Waals surface area contributed by atoms with Crippen molar-refractivity contribution in [1.29, 1.82) is 0 Å². The number of nitrogens with zero attached hydrogens (tertiary/aromatic N) is 4. The second kappa shape index (κ2) is 5.28. The highest BCUT2D eigenvalue weighted by atomic mass is 16.4. The Bertz CT molecular complexity index is 665. The van der Waals surface area contributed by atoms with Crippen molar-refractivity contribution in [3.05, 3.63) is 23.8 Å². The van der Waals surface area contributed by atoms with E-state index in [-0.39, 0.29) is 5.91 Å². The van der Waals surface area contributed by atoms with Gasteiger partial charge in [-0.25, -0.2) is 9.48 Å². The Kier molecular flexibility index (Phi) is 3.69. The molecule has 1 unspecified atom stereocenters. The van der Waals surface area contributed by atoms with Crippen molar-refractivity contribution in [3.63, 3.8) is 0 Å². The Hall–Kier alpha value is -2.44. The molecule has 106 valence electrons. The maximum Gasteiger partial charge on any atom is 0.326 e. The number of carbonyl (C=O) groups excluding carboxylic acids is 1. The van der Waals surface area contributed by atoms with Crippen LogP contribution < -0.4 is 0 Å². The van der Waals surface area contributed by atoms with Crippen LogP contribution in [0.15, 0.2) is 18.2 Å². The van der Waals surface area contributed by atoms with Gasteiger partial charge in [0, 0.05) is 19.2 Å². The van der Waals surface area contributed by atoms with Crippen LogP contribution in [0.5, 0.6) is 0 Å². The summed E-state index contributed by atoms with van der Waals surface area (Å²) >= 11 is 0. The summed E-state index contributed by atoms with van der Waals surface area (Å²) in [6.07, 6.45) is 0. The van der Waals surface area contributed by atoms with E-state index in [1.165, 1.54) is 18.9 Å². The van der Waals surface area contributed by atoms with Gasteiger partial charge in [-0.1, -0.05) is 5.21 Å². The summed E-state index contributed by atoms with van der Waals surface area (Å²) in [5.74, 6) is -1.40. The molecule has 1 aromatic carbocycles. The molecule has 0 aliphatic carbocycles. The van der Waals surface area contributed by atoms with Crippen LogP contribution in [0.25, 0.3) is 11.0 Å². The van der Waals surface area contributed by atoms with Crippen LogP contribution in [0.2, 0.25) is 0 Å². The SMILES string of the molecule is CCn1nnc2cc(C(=O)N(C)C(C)C(=O)O)ccc21. The number of carboxylic acid groups (broad SMARTS) is 1. The number of rotatable bonds is 4. The number of aliphatic carboxylic acids is 1. The van der Waals surface area contributed by atoms with Crippen LogP contribution in [-0.4, -0.2) is 50.0 Å². The first kappa shape index (κ1) is 14.0. The molecule has 0 aliphatic heterocycles. The molecular formula is C13H16N4O3. The lowest BCUT2D eigenvalue weighted by Gasteiger charge is -2.21. The fourth-order valence-electron chi connectivity index (χ4n) is 1.88. The molecule has 0 spiro atoms. The van der Waals surface area contributed by atoms with Gasteiger partial charge < -0.3 is 10.0 Å². The predicted octanol–water partition coefficient (Wildman–Crippen LogP) is 0.996. The van der Waals surface area contributed by atoms with E-state index in [9.17, 15) is 9.59 Å². The number of carbonyl (C=O) groups is 2. The lowest BCUT2D eigenvalue weighted by Crippen LogP contribution is -2.40. The first-order valence-electron chi connectivity index (χ1n) is 6.29. The lowest BCUT2D eigenvalue weighted by molar-refractivity contribution is -0.141. The first-order chi connectivity index (χ1) is 9.45. The van der Waals surface area contributed by atoms with Crippen molar-refractivity contribution in [2.75, 3.05) is 7.05 Å². The van der Waals surface area contributed by atoms with E-state index in [4.69, 9.17) is 5.11 Å². The van der Waals surface area contributed by atoms with Crippen LogP contribution in [0.4, 0.5) is 0 Å². The predicted molar refractivity (Wildman–Crippen MR) is 72.4 cm³/mol. The molecule has 2 rings (SSSR count). The van der Waals surface area contributed by atoms with E-state index in [0.29, 0.717) is 17.6 Å². The largest absolute Gasteiger partial charge is 0.480 e. The maximum atomic E-state index is 12.2. The van der Waals surface area contributed by atoms with Gasteiger partial charge in [-0.2, -0.15) is 0 Å². The molecule has 1 heterocycles. The molecule has 0 aliphatic rings. The quantitative estimate of drug-likeness (QED) is 0.899. The summed E-state index contributed by atoms with van der Waals surface area (Å²) in [5, 5.41) is 16.9. The van der Waals surface area contributed by atoms with E-state index in [1.807, 2.05) is 6.92 Å². The Morgan fingerprint density at radius 3 is 2.75 bits per heavy atom. The zero-order valence-electron chi connectivity index (χ0n) is 11.6. The molecule has 0 fully saturated rings. The van der Waals surface area contributed by atoms with E-state index in [1.54, 1.807) is 22.9 Å². The first-order valence-corrected chi connectivity index (χ1v) is 6.29. The molecule has 1 aromatic heterocycles. The molecule has 0 bridgehead atoms. The second-order valence-electron chi connectivity index (χ2n) is 4.54. The molecule has 2 aromatic rings. The standard InChI is InChI=1S/C13H16N4O3/c1-4-17-11-6-5-9(7-10(11)14-15-17)12(18)16(3)8(2)13(19)20/h5-8H,4H2,1-3H3,(H,19,20). The number of hydrogen-bond acceptors (Lipinski definition) is 4. The van der Waals surface area contributed by atoms with Crippen molar-refractivity contribution < 1.29 is 14.7 Å². The van der Waals surface area contributed by atoms with Gasteiger partial charge in [0.1, 0.15) is 11.6 Å². The van der Waals surface area contributed by atoms with Crippen LogP contribution in [0, 0.1) is 0 Å². The molecule has 7 nitrogen and oxygen atoms in total. The average molecular weight is 276 g/mol. The van der Waals surface area contributed by atoms with Gasteiger partial charge in [-0.3, -0.25) is 4.79 Å². The van der Waals surface area contributed by atoms with E-state index in [2.05, 4.69) is 10.3 Å². The van der Waals surface area contributed by atoms with Gasteiger partial charge in [-0.05, 0) is 32.0 Å². The molecule has 1 atom stereocenters. The molecule has 1 N–H and O–H groups in total. The number of likely N-dealkylation sites (N-methyl/N-ethyl adjacent to an activating group) is 1. The highest BCUT2D eigenvalue weighted by molar-refractivity contribution is 5.98. The summed E-state index contributed by atoms with van der Waals surface area (Å²) < 4.78 is 1.73. The summed E-state index contributed by atoms with van der Waals surface area (Å²) in [4.78, 5) is 24.3. The highest BCUT2D eigenvalue weighted by Crippen LogP contribution is 2.15. The Balaban J connectivity index is 2.33. The van der Waals surface area contributed by atoms with Crippen molar-refractivity contribution in [3.8, 4) is 0 Å². The third-order valence-electron chi connectivity index (χ3n) is 3.32. The number of amides is 1. The summed E-state index contributed by atoms with van der Waals surface area (Å²) in [5.41, 5.74) is 1.86. The van der Waals surface area contributed by atoms with Crippen molar-refractivity contribution >= 4 is 22.9 Å². The van der Waals surface area contributed by atoms with Crippen LogP contribution in [0.1, 0.15) is 24.2 Å². The minimum absolute atomic E-state index is 0.354. The Labute approximate surface area is 115 Å². The van der Waals surface area contributed by atoms with Gasteiger partial charge in [-0.15, -0.1) is 5.10 Å². The molecule has 7 heteroatoms. The van der Waals surface area contributed by atoms with Crippen molar-refractivity contribution in [2.45, 2.75) is 26.4 Å². The smallest absolute Gasteiger partial charge is 0.326 e. The lowest BCUT2D eigenvalue weighted by atomic mass is 10.1. The number of benzene rings is 1. The number of aryl methyl sites for hydroxylation is 1. The molecule has 20 heavy (non-hydrogen) atoms. The van der Waals surface area contributed by atoms with Gasteiger partial charge in [0.05, 0.1) is 5.52 Å². The molecular weight excluding hydrogens is 260 g/mol. The number of hydrogen-bond donors (Lipinski definition) is 1. The fourth-order valence-corrected chi connectivity index (χ4v) is 1.88. The molecule has 0 saturated carbocycles. The monoisotopic (exact) mass is 276 g/mol. The van der Waals surface area contributed by atoms with E-state index in [0.717, 1.165) is 5.52 Å². The molecule has 0 radical (unpaired) electrons. The molecule has 1 amide bonds. The van der Waals surface area contributed by atoms with E-state index < -0.39 is 12.0 Å². The van der Waals surface area contributed by atoms with Gasteiger partial charge in [0.25, 0.3) is 5.91 Å². The minimum Gasteiger partial charge on any atom is -0.480 e. The van der Waals surface area contributed by atoms with Crippen molar-refractivity contribution in [2.24, 2.45) is 0 Å². The van der Waals surface area contributed by atoms with Crippen LogP contribution >= 0.6 is 0 Å². The fraction of sp³-hybridized carbons (Fsp3) is 0.385. The number of carboxylic acids is 1. The van der Waals surface area contributed by atoms with Gasteiger partial charge in [0.2, 0.25) is 0 Å². The maximum absolute atomic E-state index is 12.2. The minimum atomic E-state index is -1.04. The topological polar surface area (TPSA) is 88.3 Å². The zero-order chi connectivity index (χ0) is 14.9. The third kappa shape index (κ3) is 2.34. The Morgan fingerprint density at radius 1 is 1.45 bits per heavy atom. The summed E-state index contributed by atoms with van der Waals surface area (Å²) in [7, 11) is 1.47. The van der Waals surface area contributed by atoms with Crippen LogP contribution in [-0.2, 0) is 11.3 Å². The molecule has 0 saturated heterocycles. The second-order valence-corrected chi connectivity index (χ2v) is 4.54. The highest BCUT2D eigenvalue weighted by Gasteiger charge is 2.23. The average Bonchev–Trinajstić information content (AvgIpc) is 2.86. The number of fused-ring (bicyclic) bond motifs is 1. The van der Waals surface area contributed by atoms with Crippen LogP contribution in [0.3, 0.4) is 0 Å². The van der Waals surface area contributed by atoms with Gasteiger partial charge >= 0.3 is 5.97 Å². The zero-order valence-corrected chi connectivity index (χ0v) is 11.6. The van der Waals surface area contributed by atoms with Gasteiger partial charge in [0.15, 0.2) is 0 Å². The number of aromatic nitrogens is 3. The summed E-state index contributed by atoms with van der Waals surface area (Å²) in [6.45, 7) is 4.11. The van der Waals surface area contributed by atoms with Crippen molar-refractivity contribution in [1.82, 2.24) is 19.9 Å². The summed E-state index contributed by atoms with van der Waals surface area (Å²) in [6, 6.07) is 4.17. The Morgan fingerprint density at radius 2 is 2.15 bits per heavy atom. The third-order valence-corrected chi connectivity index (χ3v) is 3.32. The normalized spacial score (nSPS) is 12.3. The van der Waals surface area contributed by atoms with E-state index >= 15 is 0 Å².